The Morgan fingerprint density at radius 3 is 3.10 bits per heavy atom. The third kappa shape index (κ3) is 4.33. The summed E-state index contributed by atoms with van der Waals surface area (Å²) >= 11 is 0. The Kier molecular flexibility index (Phi) is 5.40. The maximum absolute atomic E-state index is 11.3. The van der Waals surface area contributed by atoms with Crippen LogP contribution in [-0.2, 0) is 11.3 Å². The summed E-state index contributed by atoms with van der Waals surface area (Å²) in [4.78, 5) is 17.0. The van der Waals surface area contributed by atoms with Gasteiger partial charge in [0.25, 0.3) is 0 Å². The van der Waals surface area contributed by atoms with Crippen LogP contribution in [0, 0.1) is 24.2 Å². The van der Waals surface area contributed by atoms with Gasteiger partial charge in [-0.05, 0) is 44.7 Å². The Labute approximate surface area is 126 Å². The minimum absolute atomic E-state index is 0.130. The molecule has 5 heteroatoms. The fourth-order valence-corrected chi connectivity index (χ4v) is 3.06. The molecule has 21 heavy (non-hydrogen) atoms. The molecule has 114 valence electrons. The van der Waals surface area contributed by atoms with E-state index in [4.69, 9.17) is 5.26 Å². The Morgan fingerprint density at radius 2 is 2.43 bits per heavy atom. The van der Waals surface area contributed by atoms with Gasteiger partial charge in [-0.25, -0.2) is 0 Å². The number of aromatic amines is 1. The minimum atomic E-state index is 0.130. The van der Waals surface area contributed by atoms with Crippen molar-refractivity contribution >= 4 is 5.91 Å². The number of rotatable bonds is 5. The second kappa shape index (κ2) is 7.28. The number of carbonyl (C=O) groups excluding carboxylic acids is 1. The average Bonchev–Trinajstić information content (AvgIpc) is 2.84. The Morgan fingerprint density at radius 1 is 1.62 bits per heavy atom. The van der Waals surface area contributed by atoms with Crippen molar-refractivity contribution in [1.29, 1.82) is 5.26 Å². The van der Waals surface area contributed by atoms with E-state index in [0.717, 1.165) is 43.0 Å². The van der Waals surface area contributed by atoms with Crippen molar-refractivity contribution in [2.75, 3.05) is 20.1 Å². The molecular formula is C16H24N4O. The molecule has 0 saturated carbocycles. The molecule has 2 rings (SSSR count). The molecule has 2 heterocycles. The van der Waals surface area contributed by atoms with Gasteiger partial charge in [0.2, 0.25) is 5.91 Å². The molecule has 0 spiro atoms. The van der Waals surface area contributed by atoms with E-state index in [0.29, 0.717) is 12.3 Å². The number of nitriles is 1. The summed E-state index contributed by atoms with van der Waals surface area (Å²) in [6.07, 6.45) is 3.97. The molecule has 0 radical (unpaired) electrons. The first-order chi connectivity index (χ1) is 10.1. The van der Waals surface area contributed by atoms with E-state index in [1.165, 1.54) is 12.8 Å². The van der Waals surface area contributed by atoms with Crippen LogP contribution in [-0.4, -0.2) is 35.9 Å². The fraction of sp³-hybridized carbons (Fsp3) is 0.625. The van der Waals surface area contributed by atoms with E-state index < -0.39 is 0 Å². The number of aromatic nitrogens is 1. The van der Waals surface area contributed by atoms with Crippen molar-refractivity contribution in [3.05, 3.63) is 23.0 Å². The lowest BCUT2D eigenvalue weighted by molar-refractivity contribution is -0.121. The molecule has 2 N–H and O–H groups in total. The van der Waals surface area contributed by atoms with E-state index in [-0.39, 0.29) is 5.91 Å². The number of nitrogens with zero attached hydrogens (tertiary/aromatic N) is 2. The highest BCUT2D eigenvalue weighted by atomic mass is 16.1. The lowest BCUT2D eigenvalue weighted by Gasteiger charge is -2.32. The Hall–Kier alpha value is -1.80. The van der Waals surface area contributed by atoms with Gasteiger partial charge in [-0.15, -0.1) is 0 Å². The molecule has 0 aromatic carbocycles. The quantitative estimate of drug-likeness (QED) is 0.869. The highest BCUT2D eigenvalue weighted by molar-refractivity contribution is 5.75. The number of aryl methyl sites for hydroxylation is 1. The van der Waals surface area contributed by atoms with Crippen LogP contribution in [0.25, 0.3) is 0 Å². The van der Waals surface area contributed by atoms with Gasteiger partial charge >= 0.3 is 0 Å². The Balaban J connectivity index is 1.86. The van der Waals surface area contributed by atoms with Gasteiger partial charge in [0, 0.05) is 37.9 Å². The number of nitrogens with one attached hydrogen (secondary N) is 2. The molecule has 1 saturated heterocycles. The standard InChI is InChI=1S/C16H24N4O/c1-12-14(9-17)8-15(19-12)11-20-7-3-4-13(10-20)5-6-16(21)18-2/h8,13,19H,3-7,10-11H2,1-2H3,(H,18,21)/t13-/m1/s1. The fourth-order valence-electron chi connectivity index (χ4n) is 3.06. The van der Waals surface area contributed by atoms with E-state index in [1.807, 2.05) is 13.0 Å². The van der Waals surface area contributed by atoms with Crippen LogP contribution in [0.15, 0.2) is 6.07 Å². The van der Waals surface area contributed by atoms with Crippen molar-refractivity contribution in [2.45, 2.75) is 39.2 Å². The summed E-state index contributed by atoms with van der Waals surface area (Å²) < 4.78 is 0. The van der Waals surface area contributed by atoms with Gasteiger partial charge in [0.1, 0.15) is 6.07 Å². The molecule has 0 bridgehead atoms. The SMILES string of the molecule is CNC(=O)CC[C@H]1CCCN(Cc2cc(C#N)c(C)[nH]2)C1. The zero-order chi connectivity index (χ0) is 15.2. The van der Waals surface area contributed by atoms with Crippen LogP contribution in [0.5, 0.6) is 0 Å². The van der Waals surface area contributed by atoms with Gasteiger partial charge in [-0.1, -0.05) is 0 Å². The minimum Gasteiger partial charge on any atom is -0.360 e. The predicted molar refractivity (Wildman–Crippen MR) is 81.5 cm³/mol. The first-order valence-corrected chi connectivity index (χ1v) is 7.64. The highest BCUT2D eigenvalue weighted by Gasteiger charge is 2.21. The van der Waals surface area contributed by atoms with Crippen LogP contribution in [0.1, 0.15) is 42.6 Å². The molecule has 0 aliphatic carbocycles. The molecule has 1 aromatic rings. The van der Waals surface area contributed by atoms with Gasteiger partial charge in [0.15, 0.2) is 0 Å². The molecule has 1 atom stereocenters. The van der Waals surface area contributed by atoms with Gasteiger partial charge < -0.3 is 10.3 Å². The molecule has 1 aliphatic heterocycles. The molecule has 5 nitrogen and oxygen atoms in total. The number of amides is 1. The molecule has 1 fully saturated rings. The second-order valence-electron chi connectivity index (χ2n) is 5.90. The van der Waals surface area contributed by atoms with E-state index >= 15 is 0 Å². The molecular weight excluding hydrogens is 264 g/mol. The van der Waals surface area contributed by atoms with E-state index in [1.54, 1.807) is 7.05 Å². The number of hydrogen-bond acceptors (Lipinski definition) is 3. The second-order valence-corrected chi connectivity index (χ2v) is 5.90. The van der Waals surface area contributed by atoms with Crippen LogP contribution in [0.2, 0.25) is 0 Å². The maximum Gasteiger partial charge on any atom is 0.219 e. The van der Waals surface area contributed by atoms with Crippen LogP contribution >= 0.6 is 0 Å². The molecule has 1 aliphatic rings. The van der Waals surface area contributed by atoms with Crippen LogP contribution < -0.4 is 5.32 Å². The van der Waals surface area contributed by atoms with Crippen molar-refractivity contribution in [3.8, 4) is 6.07 Å². The van der Waals surface area contributed by atoms with Gasteiger partial charge in [-0.3, -0.25) is 9.69 Å². The smallest absolute Gasteiger partial charge is 0.219 e. The summed E-state index contributed by atoms with van der Waals surface area (Å²) in [5.41, 5.74) is 2.79. The van der Waals surface area contributed by atoms with E-state index in [9.17, 15) is 4.79 Å². The zero-order valence-electron chi connectivity index (χ0n) is 12.9. The zero-order valence-corrected chi connectivity index (χ0v) is 12.9. The van der Waals surface area contributed by atoms with Crippen molar-refractivity contribution < 1.29 is 4.79 Å². The number of H-pyrrole nitrogens is 1. The third-order valence-corrected chi connectivity index (χ3v) is 4.25. The topological polar surface area (TPSA) is 71.9 Å². The van der Waals surface area contributed by atoms with Crippen LogP contribution in [0.4, 0.5) is 0 Å². The third-order valence-electron chi connectivity index (χ3n) is 4.25. The number of piperidine rings is 1. The summed E-state index contributed by atoms with van der Waals surface area (Å²) in [5.74, 6) is 0.730. The number of hydrogen-bond donors (Lipinski definition) is 2. The summed E-state index contributed by atoms with van der Waals surface area (Å²) in [5, 5.41) is 11.7. The first kappa shape index (κ1) is 15.6. The molecule has 0 unspecified atom stereocenters. The lowest BCUT2D eigenvalue weighted by Crippen LogP contribution is -2.35. The summed E-state index contributed by atoms with van der Waals surface area (Å²) in [7, 11) is 1.69. The Bertz CT molecular complexity index is 529. The van der Waals surface area contributed by atoms with Crippen molar-refractivity contribution in [3.63, 3.8) is 0 Å². The maximum atomic E-state index is 11.3. The largest absolute Gasteiger partial charge is 0.360 e. The van der Waals surface area contributed by atoms with Crippen LogP contribution in [0.3, 0.4) is 0 Å². The predicted octanol–water partition coefficient (Wildman–Crippen LogP) is 1.93. The normalized spacial score (nSPS) is 19.2. The summed E-state index contributed by atoms with van der Waals surface area (Å²) in [6, 6.07) is 4.15. The van der Waals surface area contributed by atoms with Gasteiger partial charge in [0.05, 0.1) is 5.56 Å². The first-order valence-electron chi connectivity index (χ1n) is 7.64. The lowest BCUT2D eigenvalue weighted by atomic mass is 9.93. The monoisotopic (exact) mass is 288 g/mol. The van der Waals surface area contributed by atoms with Gasteiger partial charge in [-0.2, -0.15) is 5.26 Å². The number of carbonyl (C=O) groups is 1. The number of likely N-dealkylation sites (tertiary alicyclic amines) is 1. The van der Waals surface area contributed by atoms with E-state index in [2.05, 4.69) is 21.3 Å². The molecule has 1 aromatic heterocycles. The highest BCUT2D eigenvalue weighted by Crippen LogP contribution is 2.22. The molecule has 1 amide bonds. The summed E-state index contributed by atoms with van der Waals surface area (Å²) in [6.45, 7) is 4.93. The van der Waals surface area contributed by atoms with Crippen molar-refractivity contribution in [1.82, 2.24) is 15.2 Å². The average molecular weight is 288 g/mol. The van der Waals surface area contributed by atoms with Crippen molar-refractivity contribution in [2.24, 2.45) is 5.92 Å².